The molecule has 2 N–H and O–H groups in total. The Labute approximate surface area is 155 Å². The smallest absolute Gasteiger partial charge is 0.248 e. The molecule has 25 heavy (non-hydrogen) atoms. The molecule has 6 heteroatoms. The summed E-state index contributed by atoms with van der Waals surface area (Å²) >= 11 is 0. The van der Waals surface area contributed by atoms with E-state index in [0.717, 1.165) is 25.9 Å². The third-order valence-corrected chi connectivity index (χ3v) is 5.01. The molecule has 0 bridgehead atoms. The van der Waals surface area contributed by atoms with Crippen molar-refractivity contribution in [1.82, 2.24) is 20.4 Å². The number of rotatable bonds is 5. The lowest BCUT2D eigenvalue weighted by Crippen LogP contribution is -2.55. The van der Waals surface area contributed by atoms with Crippen LogP contribution < -0.4 is 10.6 Å². The van der Waals surface area contributed by atoms with Gasteiger partial charge in [0.1, 0.15) is 5.54 Å². The summed E-state index contributed by atoms with van der Waals surface area (Å²) in [7, 11) is 0. The standard InChI is InChI=1S/C19H26N4O.ClH/c1-15-4-6-17(7-5-15)16(2)14-21-18(24)19(8-11-20-12-9-19)23-13-3-10-22-23;/h3-7,10,13,16,20H,8-9,11-12,14H2,1-2H3,(H,21,24);1H. The predicted molar refractivity (Wildman–Crippen MR) is 102 cm³/mol. The van der Waals surface area contributed by atoms with Crippen LogP contribution in [0, 0.1) is 6.92 Å². The van der Waals surface area contributed by atoms with Gasteiger partial charge in [-0.25, -0.2) is 0 Å². The van der Waals surface area contributed by atoms with Gasteiger partial charge in [-0.2, -0.15) is 5.10 Å². The molecule has 0 saturated carbocycles. The molecule has 3 rings (SSSR count). The van der Waals surface area contributed by atoms with Crippen molar-refractivity contribution in [3.05, 3.63) is 53.9 Å². The number of halogens is 1. The molecule has 1 aliphatic heterocycles. The van der Waals surface area contributed by atoms with E-state index < -0.39 is 5.54 Å². The molecule has 0 spiro atoms. The van der Waals surface area contributed by atoms with Gasteiger partial charge >= 0.3 is 0 Å². The van der Waals surface area contributed by atoms with E-state index in [4.69, 9.17) is 0 Å². The first-order valence-corrected chi connectivity index (χ1v) is 8.67. The van der Waals surface area contributed by atoms with Crippen molar-refractivity contribution in [1.29, 1.82) is 0 Å². The lowest BCUT2D eigenvalue weighted by atomic mass is 9.87. The molecule has 0 radical (unpaired) electrons. The van der Waals surface area contributed by atoms with Gasteiger partial charge in [-0.15, -0.1) is 12.4 Å². The average Bonchev–Trinajstić information content (AvgIpc) is 3.15. The Hall–Kier alpha value is -1.85. The summed E-state index contributed by atoms with van der Waals surface area (Å²) in [5.74, 6) is 0.359. The summed E-state index contributed by atoms with van der Waals surface area (Å²) < 4.78 is 1.83. The van der Waals surface area contributed by atoms with E-state index in [1.165, 1.54) is 11.1 Å². The van der Waals surface area contributed by atoms with Crippen LogP contribution in [0.15, 0.2) is 42.7 Å². The van der Waals surface area contributed by atoms with Crippen LogP contribution in [0.4, 0.5) is 0 Å². The molecule has 1 saturated heterocycles. The molecule has 5 nitrogen and oxygen atoms in total. The Kier molecular flexibility index (Phi) is 6.62. The molecule has 0 aliphatic carbocycles. The van der Waals surface area contributed by atoms with Crippen molar-refractivity contribution >= 4 is 18.3 Å². The van der Waals surface area contributed by atoms with Gasteiger partial charge in [0.05, 0.1) is 0 Å². The topological polar surface area (TPSA) is 59.0 Å². The van der Waals surface area contributed by atoms with Gasteiger partial charge in [-0.05, 0) is 50.4 Å². The molecule has 1 atom stereocenters. The van der Waals surface area contributed by atoms with Gasteiger partial charge in [0, 0.05) is 18.9 Å². The number of carbonyl (C=O) groups is 1. The lowest BCUT2D eigenvalue weighted by molar-refractivity contribution is -0.132. The molecule has 1 fully saturated rings. The zero-order valence-corrected chi connectivity index (χ0v) is 15.7. The number of piperidine rings is 1. The fourth-order valence-corrected chi connectivity index (χ4v) is 3.35. The number of aryl methyl sites for hydroxylation is 1. The number of nitrogens with zero attached hydrogens (tertiary/aromatic N) is 2. The van der Waals surface area contributed by atoms with Crippen LogP contribution >= 0.6 is 12.4 Å². The van der Waals surface area contributed by atoms with Crippen molar-refractivity contribution < 1.29 is 4.79 Å². The highest BCUT2D eigenvalue weighted by Crippen LogP contribution is 2.27. The van der Waals surface area contributed by atoms with E-state index in [1.807, 2.05) is 16.9 Å². The zero-order chi connectivity index (χ0) is 17.0. The highest BCUT2D eigenvalue weighted by molar-refractivity contribution is 5.85. The lowest BCUT2D eigenvalue weighted by Gasteiger charge is -2.36. The predicted octanol–water partition coefficient (Wildman–Crippen LogP) is 2.61. The molecular weight excluding hydrogens is 336 g/mol. The molecule has 2 heterocycles. The van der Waals surface area contributed by atoms with E-state index in [0.29, 0.717) is 6.54 Å². The number of nitrogens with one attached hydrogen (secondary N) is 2. The minimum absolute atomic E-state index is 0. The second-order valence-electron chi connectivity index (χ2n) is 6.75. The van der Waals surface area contributed by atoms with Gasteiger partial charge in [-0.1, -0.05) is 36.8 Å². The van der Waals surface area contributed by atoms with Crippen molar-refractivity contribution in [2.45, 2.75) is 38.1 Å². The fraction of sp³-hybridized carbons (Fsp3) is 0.474. The average molecular weight is 363 g/mol. The Morgan fingerprint density at radius 3 is 2.60 bits per heavy atom. The maximum Gasteiger partial charge on any atom is 0.248 e. The SMILES string of the molecule is Cc1ccc(C(C)CNC(=O)C2(n3cccn3)CCNCC2)cc1.Cl. The molecular formula is C19H27ClN4O. The number of carbonyl (C=O) groups excluding carboxylic acids is 1. The Balaban J connectivity index is 0.00000225. The number of benzene rings is 1. The second-order valence-corrected chi connectivity index (χ2v) is 6.75. The van der Waals surface area contributed by atoms with E-state index >= 15 is 0 Å². The molecule has 1 aromatic carbocycles. The quantitative estimate of drug-likeness (QED) is 0.859. The summed E-state index contributed by atoms with van der Waals surface area (Å²) in [6, 6.07) is 10.4. The summed E-state index contributed by atoms with van der Waals surface area (Å²) in [4.78, 5) is 13.0. The number of amides is 1. The summed E-state index contributed by atoms with van der Waals surface area (Å²) in [5, 5.41) is 10.9. The highest BCUT2D eigenvalue weighted by Gasteiger charge is 2.41. The minimum Gasteiger partial charge on any atom is -0.353 e. The zero-order valence-electron chi connectivity index (χ0n) is 14.9. The van der Waals surface area contributed by atoms with Crippen molar-refractivity contribution in [3.8, 4) is 0 Å². The van der Waals surface area contributed by atoms with E-state index in [-0.39, 0.29) is 24.2 Å². The fourth-order valence-electron chi connectivity index (χ4n) is 3.35. The van der Waals surface area contributed by atoms with Gasteiger partial charge in [0.15, 0.2) is 0 Å². The summed E-state index contributed by atoms with van der Waals surface area (Å²) in [6.45, 7) is 6.54. The van der Waals surface area contributed by atoms with Crippen LogP contribution in [0.5, 0.6) is 0 Å². The van der Waals surface area contributed by atoms with E-state index in [1.54, 1.807) is 6.20 Å². The third kappa shape index (κ3) is 4.22. The highest BCUT2D eigenvalue weighted by atomic mass is 35.5. The normalized spacial score (nSPS) is 17.4. The van der Waals surface area contributed by atoms with Crippen LogP contribution in [0.3, 0.4) is 0 Å². The van der Waals surface area contributed by atoms with Crippen LogP contribution in [0.1, 0.15) is 36.8 Å². The molecule has 2 aromatic rings. The van der Waals surface area contributed by atoms with Crippen molar-refractivity contribution in [2.24, 2.45) is 0 Å². The first kappa shape index (κ1) is 19.5. The first-order valence-electron chi connectivity index (χ1n) is 8.67. The molecule has 1 aromatic heterocycles. The minimum atomic E-state index is -0.568. The number of hydrogen-bond donors (Lipinski definition) is 2. The molecule has 1 aliphatic rings. The number of aromatic nitrogens is 2. The Bertz CT molecular complexity index is 663. The van der Waals surface area contributed by atoms with E-state index in [2.05, 4.69) is 53.8 Å². The van der Waals surface area contributed by atoms with Crippen LogP contribution in [-0.2, 0) is 10.3 Å². The third-order valence-electron chi connectivity index (χ3n) is 5.01. The largest absolute Gasteiger partial charge is 0.353 e. The molecule has 136 valence electrons. The van der Waals surface area contributed by atoms with E-state index in [9.17, 15) is 4.79 Å². The van der Waals surface area contributed by atoms with Crippen molar-refractivity contribution in [3.63, 3.8) is 0 Å². The summed E-state index contributed by atoms with van der Waals surface area (Å²) in [5.41, 5.74) is 1.93. The molecule has 1 amide bonds. The number of hydrogen-bond acceptors (Lipinski definition) is 3. The van der Waals surface area contributed by atoms with Gasteiger partial charge < -0.3 is 10.6 Å². The van der Waals surface area contributed by atoms with Crippen molar-refractivity contribution in [2.75, 3.05) is 19.6 Å². The summed E-state index contributed by atoms with van der Waals surface area (Å²) in [6.07, 6.45) is 5.17. The van der Waals surface area contributed by atoms with Crippen LogP contribution in [0.25, 0.3) is 0 Å². The molecule has 1 unspecified atom stereocenters. The first-order chi connectivity index (χ1) is 11.6. The maximum absolute atomic E-state index is 13.0. The van der Waals surface area contributed by atoms with Crippen LogP contribution in [-0.4, -0.2) is 35.3 Å². The van der Waals surface area contributed by atoms with Gasteiger partial charge in [-0.3, -0.25) is 9.48 Å². The van der Waals surface area contributed by atoms with Crippen LogP contribution in [0.2, 0.25) is 0 Å². The van der Waals surface area contributed by atoms with Gasteiger partial charge in [0.25, 0.3) is 0 Å². The van der Waals surface area contributed by atoms with Gasteiger partial charge in [0.2, 0.25) is 5.91 Å². The second kappa shape index (κ2) is 8.50. The monoisotopic (exact) mass is 362 g/mol. The maximum atomic E-state index is 13.0. The Morgan fingerprint density at radius 1 is 1.32 bits per heavy atom. The Morgan fingerprint density at radius 2 is 2.00 bits per heavy atom.